The van der Waals surface area contributed by atoms with Gasteiger partial charge in [-0.05, 0) is 64.5 Å². The third-order valence-electron chi connectivity index (χ3n) is 13.1. The Kier molecular flexibility index (Phi) is 14.1. The molecule has 3 aromatic heterocycles. The zero-order chi connectivity index (χ0) is 41.6. The zero-order valence-corrected chi connectivity index (χ0v) is 40.0. The Morgan fingerprint density at radius 1 is 0.597 bits per heavy atom. The van der Waals surface area contributed by atoms with Gasteiger partial charge in [0.2, 0.25) is 0 Å². The molecule has 3 nitrogen and oxygen atoms in total. The molecule has 0 aliphatic heterocycles. The van der Waals surface area contributed by atoms with Crippen molar-refractivity contribution in [3.63, 3.8) is 0 Å². The van der Waals surface area contributed by atoms with Crippen molar-refractivity contribution in [2.75, 3.05) is 0 Å². The van der Waals surface area contributed by atoms with Crippen molar-refractivity contribution in [2.24, 2.45) is 11.8 Å². The van der Waals surface area contributed by atoms with Crippen molar-refractivity contribution in [3.8, 4) is 44.8 Å². The molecule has 62 heavy (non-hydrogen) atoms. The molecule has 3 heterocycles. The van der Waals surface area contributed by atoms with E-state index in [0.29, 0.717) is 0 Å². The Morgan fingerprint density at radius 3 is 1.92 bits per heavy atom. The molecular formula is C57H58IrN2OSi-2. The molecule has 0 bridgehead atoms. The van der Waals surface area contributed by atoms with Crippen LogP contribution in [0.2, 0.25) is 19.6 Å². The van der Waals surface area contributed by atoms with E-state index in [4.69, 9.17) is 14.4 Å². The molecule has 0 atom stereocenters. The standard InChI is InChI=1S/C30H26NO.C27H32NSi.Ir/c1-3-8-21(9-4-1)18-22-16-17-31-28(19-22)27-13-7-12-26-25-15-14-24(20-29(25)32-30(26)27)23-10-5-2-6-11-23;1-29(2,3)27-20-28-26(19-25(27)18-21-10-6-4-7-11-21)24-16-14-23(15-17-24)22-12-8-5-9-13-22;/h2,5-7,10-12,14-17,19-21H,1,3-4,8-9,18H2;5,8-9,12-16,19-21H,4,6-7,10-11,18H2,1-3H3;/q2*-1;. The van der Waals surface area contributed by atoms with Gasteiger partial charge >= 0.3 is 0 Å². The maximum atomic E-state index is 6.42. The second-order valence-electron chi connectivity index (χ2n) is 18.6. The van der Waals surface area contributed by atoms with E-state index in [1.54, 1.807) is 5.56 Å². The van der Waals surface area contributed by atoms with Crippen molar-refractivity contribution < 1.29 is 24.5 Å². The van der Waals surface area contributed by atoms with Crippen LogP contribution in [-0.4, -0.2) is 18.0 Å². The molecule has 2 fully saturated rings. The molecule has 0 unspecified atom stereocenters. The van der Waals surface area contributed by atoms with E-state index in [1.807, 2.05) is 18.3 Å². The van der Waals surface area contributed by atoms with Crippen LogP contribution in [0.1, 0.15) is 75.3 Å². The van der Waals surface area contributed by atoms with Gasteiger partial charge in [-0.1, -0.05) is 202 Å². The summed E-state index contributed by atoms with van der Waals surface area (Å²) in [6.45, 7) is 7.32. The van der Waals surface area contributed by atoms with Crippen LogP contribution in [0.3, 0.4) is 0 Å². The molecule has 5 heteroatoms. The van der Waals surface area contributed by atoms with E-state index >= 15 is 0 Å². The van der Waals surface area contributed by atoms with Crippen molar-refractivity contribution in [3.05, 3.63) is 163 Å². The van der Waals surface area contributed by atoms with Crippen molar-refractivity contribution in [2.45, 2.75) is 96.7 Å². The van der Waals surface area contributed by atoms with Crippen LogP contribution in [0.15, 0.2) is 144 Å². The van der Waals surface area contributed by atoms with Gasteiger partial charge in [0, 0.05) is 37.9 Å². The predicted molar refractivity (Wildman–Crippen MR) is 259 cm³/mol. The minimum absolute atomic E-state index is 0. The third kappa shape index (κ3) is 10.3. The number of nitrogens with zero attached hydrogens (tertiary/aromatic N) is 2. The molecule has 0 amide bonds. The SMILES string of the molecule is C[Si](C)(C)c1cnc(-c2[c-]cc(-c3ccccc3)cc2)cc1CC1CCCCC1.[Ir].[c-]1ccc2c(oc3cc(-c4ccccc4)ccc32)c1-c1cc(CC2CCCCC2)ccn1. The molecule has 0 spiro atoms. The van der Waals surface area contributed by atoms with Gasteiger partial charge in [-0.2, -0.15) is 0 Å². The van der Waals surface area contributed by atoms with Gasteiger partial charge in [0.25, 0.3) is 0 Å². The summed E-state index contributed by atoms with van der Waals surface area (Å²) in [6.07, 6.45) is 20.3. The summed E-state index contributed by atoms with van der Waals surface area (Å²) in [7, 11) is -1.41. The van der Waals surface area contributed by atoms with Gasteiger partial charge in [0.1, 0.15) is 5.58 Å². The Labute approximate surface area is 383 Å². The predicted octanol–water partition coefficient (Wildman–Crippen LogP) is 15.1. The fraction of sp³-hybridized carbons (Fsp3) is 0.298. The first-order valence-corrected chi connectivity index (χ1v) is 26.3. The molecule has 5 aromatic carbocycles. The van der Waals surface area contributed by atoms with Crippen molar-refractivity contribution >= 4 is 35.2 Å². The van der Waals surface area contributed by atoms with Gasteiger partial charge in [-0.3, -0.25) is 0 Å². The zero-order valence-electron chi connectivity index (χ0n) is 36.6. The first-order chi connectivity index (χ1) is 29.9. The number of fused-ring (bicyclic) bond motifs is 3. The minimum Gasteiger partial charge on any atom is -0.501 e. The number of benzene rings is 5. The smallest absolute Gasteiger partial charge is 0.121 e. The molecule has 8 aromatic rings. The number of hydrogen-bond donors (Lipinski definition) is 0. The van der Waals surface area contributed by atoms with E-state index < -0.39 is 8.07 Å². The fourth-order valence-corrected chi connectivity index (χ4v) is 11.4. The third-order valence-corrected chi connectivity index (χ3v) is 15.2. The minimum atomic E-state index is -1.41. The first-order valence-electron chi connectivity index (χ1n) is 22.8. The van der Waals surface area contributed by atoms with Crippen LogP contribution in [0, 0.1) is 24.0 Å². The maximum absolute atomic E-state index is 6.42. The van der Waals surface area contributed by atoms with E-state index in [2.05, 4.69) is 153 Å². The number of furan rings is 1. The molecule has 10 rings (SSSR count). The molecule has 0 N–H and O–H groups in total. The van der Waals surface area contributed by atoms with Gasteiger partial charge < -0.3 is 14.4 Å². The molecular weight excluding hydrogens is 949 g/mol. The van der Waals surface area contributed by atoms with Crippen LogP contribution < -0.4 is 5.19 Å². The van der Waals surface area contributed by atoms with Crippen LogP contribution in [0.25, 0.3) is 66.7 Å². The molecule has 0 saturated heterocycles. The largest absolute Gasteiger partial charge is 0.501 e. The summed E-state index contributed by atoms with van der Waals surface area (Å²) >= 11 is 0. The van der Waals surface area contributed by atoms with Gasteiger partial charge in [-0.15, -0.1) is 48.0 Å². The first kappa shape index (κ1) is 43.7. The van der Waals surface area contributed by atoms with Gasteiger partial charge in [0.05, 0.1) is 13.7 Å². The van der Waals surface area contributed by atoms with E-state index in [0.717, 1.165) is 68.3 Å². The average Bonchev–Trinajstić information content (AvgIpc) is 3.69. The number of aromatic nitrogens is 2. The maximum Gasteiger partial charge on any atom is 0.121 e. The molecule has 2 aliphatic rings. The molecule has 2 aliphatic carbocycles. The van der Waals surface area contributed by atoms with Crippen molar-refractivity contribution in [1.82, 2.24) is 9.97 Å². The quantitative estimate of drug-likeness (QED) is 0.107. The van der Waals surface area contributed by atoms with E-state index in [-0.39, 0.29) is 20.1 Å². The van der Waals surface area contributed by atoms with Crippen LogP contribution in [0.4, 0.5) is 0 Å². The Hall–Kier alpha value is -4.93. The fourth-order valence-electron chi connectivity index (χ4n) is 9.79. The number of hydrogen-bond acceptors (Lipinski definition) is 3. The van der Waals surface area contributed by atoms with Crippen LogP contribution in [-0.2, 0) is 32.9 Å². The topological polar surface area (TPSA) is 38.9 Å². The normalized spacial score (nSPS) is 14.9. The molecule has 1 radical (unpaired) electrons. The van der Waals surface area contributed by atoms with E-state index in [1.165, 1.54) is 98.1 Å². The van der Waals surface area contributed by atoms with E-state index in [9.17, 15) is 0 Å². The summed E-state index contributed by atoms with van der Waals surface area (Å²) in [5, 5.41) is 3.79. The molecule has 317 valence electrons. The summed E-state index contributed by atoms with van der Waals surface area (Å²) in [5.41, 5.74) is 13.5. The summed E-state index contributed by atoms with van der Waals surface area (Å²) in [5.74, 6) is 1.65. The van der Waals surface area contributed by atoms with Crippen LogP contribution in [0.5, 0.6) is 0 Å². The Bertz CT molecular complexity index is 2690. The summed E-state index contributed by atoms with van der Waals surface area (Å²) in [4.78, 5) is 9.57. The van der Waals surface area contributed by atoms with Crippen molar-refractivity contribution in [1.29, 1.82) is 0 Å². The Balaban J connectivity index is 0.000000169. The van der Waals surface area contributed by atoms with Crippen LogP contribution >= 0.6 is 0 Å². The second-order valence-corrected chi connectivity index (χ2v) is 23.6. The number of pyridine rings is 2. The average molecular weight is 1010 g/mol. The summed E-state index contributed by atoms with van der Waals surface area (Å²) in [6, 6.07) is 51.6. The van der Waals surface area contributed by atoms with Gasteiger partial charge in [0.15, 0.2) is 0 Å². The summed E-state index contributed by atoms with van der Waals surface area (Å²) < 4.78 is 6.42. The Morgan fingerprint density at radius 2 is 1.26 bits per heavy atom. The monoisotopic (exact) mass is 1010 g/mol. The molecule has 2 saturated carbocycles. The van der Waals surface area contributed by atoms with Gasteiger partial charge in [-0.25, -0.2) is 0 Å². The number of rotatable bonds is 9. The second kappa shape index (κ2) is 20.1.